The van der Waals surface area contributed by atoms with Crippen LogP contribution in [0.2, 0.25) is 0 Å². The number of esters is 1. The van der Waals surface area contributed by atoms with Gasteiger partial charge < -0.3 is 14.8 Å². The summed E-state index contributed by atoms with van der Waals surface area (Å²) in [6, 6.07) is -0.0133. The highest BCUT2D eigenvalue weighted by Crippen LogP contribution is 2.24. The van der Waals surface area contributed by atoms with Gasteiger partial charge in [-0.1, -0.05) is 13.8 Å². The molecule has 1 amide bonds. The molecule has 1 aliphatic rings. The van der Waals surface area contributed by atoms with E-state index in [9.17, 15) is 9.59 Å². The molecule has 1 aliphatic heterocycles. The third-order valence-electron chi connectivity index (χ3n) is 3.80. The lowest BCUT2D eigenvalue weighted by Crippen LogP contribution is -2.53. The van der Waals surface area contributed by atoms with Crippen LogP contribution in [0.3, 0.4) is 0 Å². The Hall–Kier alpha value is -1.30. The van der Waals surface area contributed by atoms with Crippen LogP contribution in [0.1, 0.15) is 41.0 Å². The summed E-state index contributed by atoms with van der Waals surface area (Å²) in [5.74, 6) is 0.669. The van der Waals surface area contributed by atoms with E-state index in [1.54, 1.807) is 0 Å². The largest absolute Gasteiger partial charge is 0.468 e. The van der Waals surface area contributed by atoms with E-state index >= 15 is 0 Å². The molecule has 6 heteroatoms. The average molecular weight is 314 g/mol. The number of rotatable bonds is 4. The first-order chi connectivity index (χ1) is 10.1. The van der Waals surface area contributed by atoms with Crippen LogP contribution >= 0.6 is 0 Å². The minimum absolute atomic E-state index is 0.0133. The maximum atomic E-state index is 11.9. The maximum Gasteiger partial charge on any atom is 0.407 e. The molecule has 1 saturated heterocycles. The van der Waals surface area contributed by atoms with Gasteiger partial charge in [0.1, 0.15) is 5.60 Å². The molecule has 0 spiro atoms. The van der Waals surface area contributed by atoms with E-state index in [0.29, 0.717) is 18.4 Å². The van der Waals surface area contributed by atoms with Crippen LogP contribution < -0.4 is 5.32 Å². The van der Waals surface area contributed by atoms with E-state index < -0.39 is 11.7 Å². The van der Waals surface area contributed by atoms with Crippen LogP contribution in [0.5, 0.6) is 0 Å². The first-order valence-corrected chi connectivity index (χ1v) is 7.89. The predicted octanol–water partition coefficient (Wildman–Crippen LogP) is 2.03. The molecule has 2 atom stereocenters. The van der Waals surface area contributed by atoms with Crippen LogP contribution in [0.4, 0.5) is 4.79 Å². The Labute approximate surface area is 133 Å². The minimum Gasteiger partial charge on any atom is -0.468 e. The molecule has 1 rings (SSSR count). The quantitative estimate of drug-likeness (QED) is 0.804. The van der Waals surface area contributed by atoms with Crippen LogP contribution in [0.25, 0.3) is 0 Å². The predicted molar refractivity (Wildman–Crippen MR) is 84.6 cm³/mol. The maximum absolute atomic E-state index is 11.9. The van der Waals surface area contributed by atoms with Gasteiger partial charge in [0.25, 0.3) is 0 Å². The summed E-state index contributed by atoms with van der Waals surface area (Å²) >= 11 is 0. The van der Waals surface area contributed by atoms with Crippen molar-refractivity contribution in [1.29, 1.82) is 0 Å². The van der Waals surface area contributed by atoms with Crippen molar-refractivity contribution in [2.75, 3.05) is 26.7 Å². The molecular weight excluding hydrogens is 284 g/mol. The summed E-state index contributed by atoms with van der Waals surface area (Å²) in [5.41, 5.74) is -0.512. The Kier molecular flexibility index (Phi) is 6.66. The molecule has 0 aromatic carbocycles. The summed E-state index contributed by atoms with van der Waals surface area (Å²) < 4.78 is 10.1. The minimum atomic E-state index is -0.512. The second kappa shape index (κ2) is 7.81. The monoisotopic (exact) mass is 314 g/mol. The molecule has 0 aromatic heterocycles. The summed E-state index contributed by atoms with van der Waals surface area (Å²) in [5, 5.41) is 2.93. The molecule has 6 nitrogen and oxygen atoms in total. The third-order valence-corrected chi connectivity index (χ3v) is 3.80. The van der Waals surface area contributed by atoms with Gasteiger partial charge in [0.2, 0.25) is 0 Å². The van der Waals surface area contributed by atoms with Crippen molar-refractivity contribution >= 4 is 12.1 Å². The Bertz CT molecular complexity index is 390. The number of carbonyl (C=O) groups excluding carboxylic acids is 2. The lowest BCUT2D eigenvalue weighted by molar-refractivity contribution is -0.142. The van der Waals surface area contributed by atoms with E-state index in [2.05, 4.69) is 19.2 Å². The molecule has 1 N–H and O–H groups in total. The van der Waals surface area contributed by atoms with Crippen LogP contribution in [-0.2, 0) is 14.3 Å². The molecule has 2 unspecified atom stereocenters. The number of ether oxygens (including phenoxy) is 2. The number of amides is 1. The van der Waals surface area contributed by atoms with Gasteiger partial charge in [-0.25, -0.2) is 4.79 Å². The zero-order valence-corrected chi connectivity index (χ0v) is 14.6. The van der Waals surface area contributed by atoms with E-state index in [-0.39, 0.29) is 18.6 Å². The highest BCUT2D eigenvalue weighted by molar-refractivity contribution is 5.71. The van der Waals surface area contributed by atoms with Crippen molar-refractivity contribution in [3.8, 4) is 0 Å². The van der Waals surface area contributed by atoms with E-state index in [1.807, 2.05) is 25.7 Å². The number of nitrogens with zero attached hydrogens (tertiary/aromatic N) is 1. The van der Waals surface area contributed by atoms with E-state index in [0.717, 1.165) is 13.0 Å². The fourth-order valence-electron chi connectivity index (χ4n) is 2.67. The van der Waals surface area contributed by atoms with Crippen molar-refractivity contribution in [2.45, 2.75) is 52.7 Å². The van der Waals surface area contributed by atoms with Gasteiger partial charge in [-0.2, -0.15) is 0 Å². The second-order valence-electron chi connectivity index (χ2n) is 7.35. The number of nitrogens with one attached hydrogen (secondary N) is 1. The van der Waals surface area contributed by atoms with Crippen molar-refractivity contribution in [1.82, 2.24) is 10.2 Å². The number of hydrogen-bond donors (Lipinski definition) is 1. The van der Waals surface area contributed by atoms with E-state index in [1.165, 1.54) is 7.11 Å². The Balaban J connectivity index is 2.64. The van der Waals surface area contributed by atoms with Crippen molar-refractivity contribution in [3.63, 3.8) is 0 Å². The molecule has 0 aliphatic carbocycles. The molecule has 0 radical (unpaired) electrons. The first-order valence-electron chi connectivity index (χ1n) is 7.89. The van der Waals surface area contributed by atoms with Crippen molar-refractivity contribution in [2.24, 2.45) is 11.8 Å². The Morgan fingerprint density at radius 1 is 1.27 bits per heavy atom. The third kappa shape index (κ3) is 6.64. The zero-order chi connectivity index (χ0) is 16.9. The zero-order valence-electron chi connectivity index (χ0n) is 14.6. The van der Waals surface area contributed by atoms with Crippen LogP contribution in [0, 0.1) is 11.8 Å². The highest BCUT2D eigenvalue weighted by atomic mass is 16.6. The first kappa shape index (κ1) is 18.7. The van der Waals surface area contributed by atoms with Gasteiger partial charge in [0.05, 0.1) is 13.7 Å². The number of likely N-dealkylation sites (tertiary alicyclic amines) is 1. The smallest absolute Gasteiger partial charge is 0.407 e. The number of alkyl carbamates (subject to hydrolysis) is 1. The average Bonchev–Trinajstić information content (AvgIpc) is 2.35. The topological polar surface area (TPSA) is 67.9 Å². The molecule has 0 aromatic rings. The van der Waals surface area contributed by atoms with Crippen LogP contribution in [-0.4, -0.2) is 55.3 Å². The number of hydrogen-bond acceptors (Lipinski definition) is 5. The molecule has 0 bridgehead atoms. The van der Waals surface area contributed by atoms with Gasteiger partial charge in [0.15, 0.2) is 0 Å². The standard InChI is InChI=1S/C16H30N2O4/c1-11(2)12-7-13(17-15(20)22-16(3,4)5)9-18(8-12)10-14(19)21-6/h11-13H,7-10H2,1-6H3,(H,17,20). The Morgan fingerprint density at radius 3 is 2.41 bits per heavy atom. The van der Waals surface area contributed by atoms with Gasteiger partial charge in [0, 0.05) is 19.1 Å². The SMILES string of the molecule is COC(=O)CN1CC(NC(=O)OC(C)(C)C)CC(C(C)C)C1. The molecule has 128 valence electrons. The number of carbonyl (C=O) groups is 2. The van der Waals surface area contributed by atoms with Gasteiger partial charge in [-0.05, 0) is 39.0 Å². The van der Waals surface area contributed by atoms with Crippen molar-refractivity contribution in [3.05, 3.63) is 0 Å². The number of methoxy groups -OCH3 is 1. The lowest BCUT2D eigenvalue weighted by atomic mass is 9.85. The molecule has 22 heavy (non-hydrogen) atoms. The molecule has 1 heterocycles. The van der Waals surface area contributed by atoms with Crippen LogP contribution in [0.15, 0.2) is 0 Å². The second-order valence-corrected chi connectivity index (χ2v) is 7.35. The van der Waals surface area contributed by atoms with Gasteiger partial charge >= 0.3 is 12.1 Å². The molecule has 1 fully saturated rings. The normalized spacial score (nSPS) is 23.2. The summed E-state index contributed by atoms with van der Waals surface area (Å²) in [7, 11) is 1.39. The highest BCUT2D eigenvalue weighted by Gasteiger charge is 2.31. The van der Waals surface area contributed by atoms with Gasteiger partial charge in [-0.3, -0.25) is 9.69 Å². The fourth-order valence-corrected chi connectivity index (χ4v) is 2.67. The Morgan fingerprint density at radius 2 is 1.91 bits per heavy atom. The van der Waals surface area contributed by atoms with Gasteiger partial charge in [-0.15, -0.1) is 0 Å². The molecular formula is C16H30N2O4. The number of piperidine rings is 1. The summed E-state index contributed by atoms with van der Waals surface area (Å²) in [6.07, 6.45) is 0.495. The fraction of sp³-hybridized carbons (Fsp3) is 0.875. The summed E-state index contributed by atoms with van der Waals surface area (Å²) in [4.78, 5) is 25.5. The van der Waals surface area contributed by atoms with E-state index in [4.69, 9.17) is 9.47 Å². The van der Waals surface area contributed by atoms with Crippen molar-refractivity contribution < 1.29 is 19.1 Å². The summed E-state index contributed by atoms with van der Waals surface area (Å²) in [6.45, 7) is 11.6. The lowest BCUT2D eigenvalue weighted by Gasteiger charge is -2.39. The molecule has 0 saturated carbocycles.